The fraction of sp³-hybridized carbons (Fsp3) is 0.412. The minimum atomic E-state index is -0.277. The Labute approximate surface area is 145 Å². The summed E-state index contributed by atoms with van der Waals surface area (Å²) in [5, 5.41) is 10.5. The summed E-state index contributed by atoms with van der Waals surface area (Å²) >= 11 is 1.57. The van der Waals surface area contributed by atoms with E-state index in [1.165, 1.54) is 4.90 Å². The fourth-order valence-electron chi connectivity index (χ4n) is 3.11. The Hall–Kier alpha value is -2.17. The minimum absolute atomic E-state index is 0.0541. The molecule has 0 bridgehead atoms. The normalized spacial score (nSPS) is 23.6. The van der Waals surface area contributed by atoms with Crippen molar-refractivity contribution in [3.8, 4) is 17.6 Å². The average Bonchev–Trinajstić information content (AvgIpc) is 2.61. The number of nitriles is 1. The number of carbonyl (C=O) groups excluding carboxylic acids is 1. The quantitative estimate of drug-likeness (QED) is 0.882. The zero-order valence-electron chi connectivity index (χ0n) is 14.0. The number of allylic oxidation sites excluding steroid dienone is 1. The van der Waals surface area contributed by atoms with Crippen LogP contribution in [-0.2, 0) is 4.79 Å². The Bertz CT molecular complexity index is 741. The van der Waals surface area contributed by atoms with Gasteiger partial charge in [-0.15, -0.1) is 0 Å². The topological polar surface area (TPSA) is 67.0 Å². The van der Waals surface area contributed by atoms with Crippen LogP contribution in [0.4, 0.5) is 0 Å². The number of benzene rings is 1. The van der Waals surface area contributed by atoms with Crippen molar-refractivity contribution in [1.29, 1.82) is 5.26 Å². The lowest BCUT2D eigenvalue weighted by Gasteiger charge is -2.38. The number of fused-ring (bicyclic) bond motifs is 1. The lowest BCUT2D eigenvalue weighted by atomic mass is 9.86. The number of hydrogen-bond acceptors (Lipinski definition) is 5. The maximum absolute atomic E-state index is 12.6. The first-order valence-electron chi connectivity index (χ1n) is 7.69. The van der Waals surface area contributed by atoms with E-state index in [-0.39, 0.29) is 18.2 Å². The summed E-state index contributed by atoms with van der Waals surface area (Å²) in [6.45, 7) is 0.610. The van der Waals surface area contributed by atoms with Gasteiger partial charge in [0.05, 0.1) is 32.9 Å². The maximum Gasteiger partial charge on any atom is 0.232 e. The van der Waals surface area contributed by atoms with Gasteiger partial charge in [0.25, 0.3) is 0 Å². The summed E-state index contributed by atoms with van der Waals surface area (Å²) in [5.74, 6) is 1.94. The summed E-state index contributed by atoms with van der Waals surface area (Å²) in [6.07, 6.45) is 0.281. The molecule has 24 heavy (non-hydrogen) atoms. The number of nitrogens with zero attached hydrogens (tertiary/aromatic N) is 2. The third-order valence-corrected chi connectivity index (χ3v) is 5.67. The highest BCUT2D eigenvalue weighted by molar-refractivity contribution is 8.02. The molecule has 1 unspecified atom stereocenters. The first-order chi connectivity index (χ1) is 11.6. The van der Waals surface area contributed by atoms with Crippen molar-refractivity contribution in [3.05, 3.63) is 34.4 Å². The molecule has 2 atom stereocenters. The molecule has 0 spiro atoms. The number of hydrogen-bond donors (Lipinski definition) is 1. The van der Waals surface area contributed by atoms with E-state index in [0.29, 0.717) is 23.7 Å². The van der Waals surface area contributed by atoms with Gasteiger partial charge in [-0.2, -0.15) is 5.26 Å². The molecule has 2 heterocycles. The van der Waals surface area contributed by atoms with Crippen LogP contribution >= 0.6 is 11.8 Å². The van der Waals surface area contributed by atoms with Crippen LogP contribution in [0.15, 0.2) is 28.8 Å². The number of amides is 1. The minimum Gasteiger partial charge on any atom is -0.497 e. The number of carbonyl (C=O) groups is 1. The molecule has 7 heteroatoms. The molecule has 1 amide bonds. The van der Waals surface area contributed by atoms with E-state index in [1.54, 1.807) is 36.9 Å². The van der Waals surface area contributed by atoms with Crippen molar-refractivity contribution < 1.29 is 19.2 Å². The zero-order valence-corrected chi connectivity index (χ0v) is 14.8. The van der Waals surface area contributed by atoms with E-state index in [2.05, 4.69) is 6.07 Å². The highest BCUT2D eigenvalue weighted by Crippen LogP contribution is 2.43. The average molecular weight is 346 g/mol. The van der Waals surface area contributed by atoms with E-state index in [1.807, 2.05) is 19.2 Å². The third-order valence-electron chi connectivity index (χ3n) is 4.32. The van der Waals surface area contributed by atoms with Crippen molar-refractivity contribution in [3.63, 3.8) is 0 Å². The molecule has 3 rings (SSSR count). The predicted molar refractivity (Wildman–Crippen MR) is 90.6 cm³/mol. The molecule has 126 valence electrons. The molecule has 1 saturated heterocycles. The smallest absolute Gasteiger partial charge is 0.232 e. The van der Waals surface area contributed by atoms with Crippen molar-refractivity contribution in [2.45, 2.75) is 12.3 Å². The summed E-state index contributed by atoms with van der Waals surface area (Å²) in [4.78, 5) is 15.6. The Kier molecular flexibility index (Phi) is 4.69. The van der Waals surface area contributed by atoms with E-state index in [4.69, 9.17) is 9.47 Å². The largest absolute Gasteiger partial charge is 0.497 e. The van der Waals surface area contributed by atoms with Crippen LogP contribution in [0, 0.1) is 11.3 Å². The van der Waals surface area contributed by atoms with Gasteiger partial charge in [0.2, 0.25) is 5.91 Å². The van der Waals surface area contributed by atoms with Crippen LogP contribution in [0.5, 0.6) is 11.5 Å². The summed E-state index contributed by atoms with van der Waals surface area (Å²) in [7, 11) is 5.22. The van der Waals surface area contributed by atoms with Gasteiger partial charge < -0.3 is 14.4 Å². The van der Waals surface area contributed by atoms with Crippen molar-refractivity contribution >= 4 is 17.7 Å². The van der Waals surface area contributed by atoms with E-state index < -0.39 is 0 Å². The van der Waals surface area contributed by atoms with Crippen LogP contribution < -0.4 is 14.4 Å². The number of methoxy groups -OCH3 is 2. The second kappa shape index (κ2) is 6.75. The number of rotatable bonds is 3. The second-order valence-corrected chi connectivity index (χ2v) is 6.88. The first kappa shape index (κ1) is 16.7. The molecule has 2 aliphatic rings. The van der Waals surface area contributed by atoms with E-state index >= 15 is 0 Å². The molecule has 1 N–H and O–H groups in total. The first-order valence-corrected chi connectivity index (χ1v) is 8.68. The van der Waals surface area contributed by atoms with Gasteiger partial charge in [-0.05, 0) is 17.8 Å². The van der Waals surface area contributed by atoms with Gasteiger partial charge in [-0.3, -0.25) is 9.69 Å². The van der Waals surface area contributed by atoms with Crippen LogP contribution in [0.25, 0.3) is 0 Å². The van der Waals surface area contributed by atoms with Gasteiger partial charge in [-0.1, -0.05) is 6.07 Å². The predicted octanol–water partition coefficient (Wildman–Crippen LogP) is 0.931. The van der Waals surface area contributed by atoms with Crippen molar-refractivity contribution in [2.24, 2.45) is 0 Å². The van der Waals surface area contributed by atoms with Crippen LogP contribution in [-0.4, -0.2) is 44.6 Å². The molecule has 6 nitrogen and oxygen atoms in total. The molecule has 0 aromatic heterocycles. The molecule has 0 aliphatic carbocycles. The highest BCUT2D eigenvalue weighted by Gasteiger charge is 2.39. The summed E-state index contributed by atoms with van der Waals surface area (Å²) in [5.41, 5.74) is 1.50. The second-order valence-electron chi connectivity index (χ2n) is 5.92. The molecule has 2 aliphatic heterocycles. The van der Waals surface area contributed by atoms with Gasteiger partial charge in [0, 0.05) is 24.0 Å². The Morgan fingerprint density at radius 3 is 2.83 bits per heavy atom. The Morgan fingerprint density at radius 2 is 2.17 bits per heavy atom. The molecular weight excluding hydrogens is 326 g/mol. The van der Waals surface area contributed by atoms with Crippen molar-refractivity contribution in [2.75, 3.05) is 33.8 Å². The summed E-state index contributed by atoms with van der Waals surface area (Å²) in [6, 6.07) is 7.84. The van der Waals surface area contributed by atoms with Gasteiger partial charge in [-0.25, -0.2) is 0 Å². The molecule has 1 aromatic rings. The van der Waals surface area contributed by atoms with Gasteiger partial charge in [0.1, 0.15) is 22.4 Å². The SMILES string of the molecule is COc1ccc([C@@H]2CC(=O)N3C[NH+](C)CSC3=C2C#N)c(OC)c1. The standard InChI is InChI=1S/C17H19N3O3S/c1-19-9-20-16(21)7-13(14(8-18)17(20)24-10-19)12-5-4-11(22-2)6-15(12)23-3/h4-6,13H,7,9-10H2,1-3H3/p+1/t13-/m0/s1. The number of ether oxygens (including phenoxy) is 2. The summed E-state index contributed by atoms with van der Waals surface area (Å²) < 4.78 is 10.7. The lowest BCUT2D eigenvalue weighted by Crippen LogP contribution is -3.11. The molecular formula is C17H20N3O3S+. The van der Waals surface area contributed by atoms with Crippen LogP contribution in [0.3, 0.4) is 0 Å². The monoisotopic (exact) mass is 346 g/mol. The van der Waals surface area contributed by atoms with E-state index in [9.17, 15) is 10.1 Å². The third kappa shape index (κ3) is 2.83. The Balaban J connectivity index is 2.07. The molecule has 1 aromatic carbocycles. The molecule has 1 fully saturated rings. The Morgan fingerprint density at radius 1 is 1.38 bits per heavy atom. The zero-order chi connectivity index (χ0) is 17.3. The highest BCUT2D eigenvalue weighted by atomic mass is 32.2. The number of nitrogens with one attached hydrogen (secondary N) is 1. The van der Waals surface area contributed by atoms with Gasteiger partial charge in [0.15, 0.2) is 6.67 Å². The van der Waals surface area contributed by atoms with Crippen LogP contribution in [0.1, 0.15) is 17.9 Å². The number of quaternary nitrogens is 1. The van der Waals surface area contributed by atoms with Crippen LogP contribution in [0.2, 0.25) is 0 Å². The van der Waals surface area contributed by atoms with Crippen molar-refractivity contribution in [1.82, 2.24) is 4.90 Å². The molecule has 0 saturated carbocycles. The lowest BCUT2D eigenvalue weighted by molar-refractivity contribution is -0.876. The maximum atomic E-state index is 12.6. The van der Waals surface area contributed by atoms with E-state index in [0.717, 1.165) is 16.5 Å². The molecule has 0 radical (unpaired) electrons. The fourth-order valence-corrected chi connectivity index (χ4v) is 4.25. The number of thioether (sulfide) groups is 1. The van der Waals surface area contributed by atoms with Gasteiger partial charge >= 0.3 is 0 Å².